The van der Waals surface area contributed by atoms with E-state index < -0.39 is 10.7 Å². The van der Waals surface area contributed by atoms with E-state index in [-0.39, 0.29) is 5.69 Å². The maximum absolute atomic E-state index is 14.1. The van der Waals surface area contributed by atoms with Crippen LogP contribution in [0.4, 0.5) is 21.5 Å². The van der Waals surface area contributed by atoms with E-state index >= 15 is 0 Å². The first-order valence-electron chi connectivity index (χ1n) is 7.06. The number of nitro groups is 1. The lowest BCUT2D eigenvalue weighted by atomic mass is 10.2. The Kier molecular flexibility index (Phi) is 4.42. The van der Waals surface area contributed by atoms with Crippen LogP contribution >= 0.6 is 0 Å². The van der Waals surface area contributed by atoms with Crippen LogP contribution in [-0.2, 0) is 0 Å². The second-order valence-corrected chi connectivity index (χ2v) is 4.92. The van der Waals surface area contributed by atoms with E-state index in [0.29, 0.717) is 24.5 Å². The highest BCUT2D eigenvalue weighted by Crippen LogP contribution is 2.36. The zero-order valence-electron chi connectivity index (χ0n) is 11.9. The Bertz CT molecular complexity index is 497. The molecule has 2 rings (SSSR count). The van der Waals surface area contributed by atoms with Crippen LogP contribution in [0.25, 0.3) is 0 Å². The summed E-state index contributed by atoms with van der Waals surface area (Å²) in [6.45, 7) is 6.82. The molecule has 1 aromatic rings. The minimum atomic E-state index is -0.525. The number of hydrogen-bond acceptors (Lipinski definition) is 4. The van der Waals surface area contributed by atoms with Crippen LogP contribution in [0.15, 0.2) is 12.1 Å². The number of benzene rings is 1. The van der Waals surface area contributed by atoms with Crippen molar-refractivity contribution in [2.24, 2.45) is 0 Å². The number of nitro benzene ring substituents is 1. The van der Waals surface area contributed by atoms with Gasteiger partial charge in [0.2, 0.25) is 0 Å². The van der Waals surface area contributed by atoms with Gasteiger partial charge in [0.15, 0.2) is 5.82 Å². The summed E-state index contributed by atoms with van der Waals surface area (Å²) in [7, 11) is 0. The average molecular weight is 281 g/mol. The molecule has 0 amide bonds. The summed E-state index contributed by atoms with van der Waals surface area (Å²) in [4.78, 5) is 14.5. The minimum Gasteiger partial charge on any atom is -0.370 e. The molecule has 1 aromatic carbocycles. The highest BCUT2D eigenvalue weighted by Gasteiger charge is 2.25. The van der Waals surface area contributed by atoms with Crippen LogP contribution in [0.2, 0.25) is 0 Å². The summed E-state index contributed by atoms with van der Waals surface area (Å²) >= 11 is 0. The molecule has 0 spiro atoms. The fourth-order valence-electron chi connectivity index (χ4n) is 2.70. The standard InChI is InChI=1S/C14H20FN3O2/c1-3-16(4-2)12-10-13(17-7-5-6-8-17)14(18(19)20)9-11(12)15/h9-10H,3-8H2,1-2H3. The first-order valence-corrected chi connectivity index (χ1v) is 7.06. The van der Waals surface area contributed by atoms with Crippen molar-refractivity contribution in [2.75, 3.05) is 36.0 Å². The lowest BCUT2D eigenvalue weighted by molar-refractivity contribution is -0.384. The first-order chi connectivity index (χ1) is 9.58. The van der Waals surface area contributed by atoms with Gasteiger partial charge in [-0.15, -0.1) is 0 Å². The van der Waals surface area contributed by atoms with Gasteiger partial charge in [-0.2, -0.15) is 0 Å². The van der Waals surface area contributed by atoms with E-state index in [0.717, 1.165) is 32.0 Å². The van der Waals surface area contributed by atoms with Crippen molar-refractivity contribution in [3.05, 3.63) is 28.1 Å². The number of halogens is 1. The van der Waals surface area contributed by atoms with Gasteiger partial charge in [0, 0.05) is 26.2 Å². The molecule has 0 atom stereocenters. The molecule has 0 saturated carbocycles. The summed E-state index contributed by atoms with van der Waals surface area (Å²) in [6, 6.07) is 2.69. The number of nitrogens with zero attached hydrogens (tertiary/aromatic N) is 3. The summed E-state index contributed by atoms with van der Waals surface area (Å²) < 4.78 is 14.1. The van der Waals surface area contributed by atoms with E-state index in [1.165, 1.54) is 0 Å². The van der Waals surface area contributed by atoms with Crippen molar-refractivity contribution in [1.29, 1.82) is 0 Å². The molecule has 1 aliphatic heterocycles. The third-order valence-electron chi connectivity index (χ3n) is 3.79. The molecule has 20 heavy (non-hydrogen) atoms. The zero-order valence-corrected chi connectivity index (χ0v) is 11.9. The summed E-state index contributed by atoms with van der Waals surface area (Å²) in [6.07, 6.45) is 2.05. The SMILES string of the molecule is CCN(CC)c1cc(N2CCCC2)c([N+](=O)[O-])cc1F. The van der Waals surface area contributed by atoms with E-state index in [9.17, 15) is 14.5 Å². The smallest absolute Gasteiger partial charge is 0.295 e. The van der Waals surface area contributed by atoms with Crippen molar-refractivity contribution >= 4 is 17.1 Å². The first kappa shape index (κ1) is 14.6. The molecule has 5 nitrogen and oxygen atoms in total. The molecule has 0 bridgehead atoms. The van der Waals surface area contributed by atoms with Crippen molar-refractivity contribution in [2.45, 2.75) is 26.7 Å². The Morgan fingerprint density at radius 2 is 1.90 bits per heavy atom. The van der Waals surface area contributed by atoms with Crippen LogP contribution in [-0.4, -0.2) is 31.1 Å². The van der Waals surface area contributed by atoms with Crippen LogP contribution in [0.1, 0.15) is 26.7 Å². The molecular formula is C14H20FN3O2. The second kappa shape index (κ2) is 6.07. The van der Waals surface area contributed by atoms with Crippen molar-refractivity contribution in [3.63, 3.8) is 0 Å². The molecule has 1 saturated heterocycles. The largest absolute Gasteiger partial charge is 0.370 e. The molecule has 0 radical (unpaired) electrons. The lowest BCUT2D eigenvalue weighted by Gasteiger charge is -2.24. The Morgan fingerprint density at radius 1 is 1.30 bits per heavy atom. The number of anilines is 2. The van der Waals surface area contributed by atoms with Crippen LogP contribution in [0.3, 0.4) is 0 Å². The summed E-state index contributed by atoms with van der Waals surface area (Å²) in [5.41, 5.74) is 0.846. The second-order valence-electron chi connectivity index (χ2n) is 4.92. The number of rotatable bonds is 5. The molecule has 1 heterocycles. The molecule has 0 aliphatic carbocycles. The average Bonchev–Trinajstić information content (AvgIpc) is 2.95. The quantitative estimate of drug-likeness (QED) is 0.614. The van der Waals surface area contributed by atoms with Crippen molar-refractivity contribution in [3.8, 4) is 0 Å². The van der Waals surface area contributed by atoms with Gasteiger partial charge in [-0.25, -0.2) is 4.39 Å². The normalized spacial score (nSPS) is 14.7. The summed E-state index contributed by atoms with van der Waals surface area (Å²) in [5, 5.41) is 11.1. The molecular weight excluding hydrogens is 261 g/mol. The van der Waals surface area contributed by atoms with Crippen LogP contribution < -0.4 is 9.80 Å². The predicted octanol–water partition coefficient (Wildman–Crippen LogP) is 3.18. The molecule has 0 N–H and O–H groups in total. The van der Waals surface area contributed by atoms with Gasteiger partial charge in [-0.3, -0.25) is 10.1 Å². The fraction of sp³-hybridized carbons (Fsp3) is 0.571. The molecule has 1 fully saturated rings. The third-order valence-corrected chi connectivity index (χ3v) is 3.79. The number of hydrogen-bond donors (Lipinski definition) is 0. The fourth-order valence-corrected chi connectivity index (χ4v) is 2.70. The third kappa shape index (κ3) is 2.69. The molecule has 110 valence electrons. The van der Waals surface area contributed by atoms with Crippen LogP contribution in [0.5, 0.6) is 0 Å². The zero-order chi connectivity index (χ0) is 14.7. The highest BCUT2D eigenvalue weighted by atomic mass is 19.1. The summed E-state index contributed by atoms with van der Waals surface area (Å²) in [5.74, 6) is -0.525. The predicted molar refractivity (Wildman–Crippen MR) is 78.1 cm³/mol. The Morgan fingerprint density at radius 3 is 2.40 bits per heavy atom. The van der Waals surface area contributed by atoms with E-state index in [1.807, 2.05) is 23.6 Å². The maximum atomic E-state index is 14.1. The minimum absolute atomic E-state index is 0.139. The van der Waals surface area contributed by atoms with Crippen molar-refractivity contribution < 1.29 is 9.31 Å². The Hall–Kier alpha value is -1.85. The van der Waals surface area contributed by atoms with Gasteiger partial charge in [0.05, 0.1) is 16.7 Å². The van der Waals surface area contributed by atoms with Gasteiger partial charge in [0.25, 0.3) is 5.69 Å². The van der Waals surface area contributed by atoms with Gasteiger partial charge >= 0.3 is 0 Å². The van der Waals surface area contributed by atoms with Crippen molar-refractivity contribution in [1.82, 2.24) is 0 Å². The van der Waals surface area contributed by atoms with Crippen LogP contribution in [0, 0.1) is 15.9 Å². The molecule has 1 aliphatic rings. The Labute approximate surface area is 118 Å². The van der Waals surface area contributed by atoms with Gasteiger partial charge in [-0.1, -0.05) is 0 Å². The van der Waals surface area contributed by atoms with Gasteiger partial charge < -0.3 is 9.80 Å². The van der Waals surface area contributed by atoms with Gasteiger partial charge in [-0.05, 0) is 32.8 Å². The van der Waals surface area contributed by atoms with E-state index in [4.69, 9.17) is 0 Å². The lowest BCUT2D eigenvalue weighted by Crippen LogP contribution is -2.25. The topological polar surface area (TPSA) is 49.6 Å². The maximum Gasteiger partial charge on any atom is 0.295 e. The van der Waals surface area contributed by atoms with E-state index in [1.54, 1.807) is 6.07 Å². The molecule has 0 unspecified atom stereocenters. The monoisotopic (exact) mass is 281 g/mol. The highest BCUT2D eigenvalue weighted by molar-refractivity contribution is 5.71. The Balaban J connectivity index is 2.50. The van der Waals surface area contributed by atoms with Gasteiger partial charge in [0.1, 0.15) is 5.69 Å². The molecule has 0 aromatic heterocycles. The van der Waals surface area contributed by atoms with E-state index in [2.05, 4.69) is 0 Å². The molecule has 6 heteroatoms.